The zero-order chi connectivity index (χ0) is 11.2. The van der Waals surface area contributed by atoms with Crippen molar-refractivity contribution in [2.75, 3.05) is 25.6 Å². The third-order valence-corrected chi connectivity index (χ3v) is 4.72. The third-order valence-electron chi connectivity index (χ3n) is 1.92. The van der Waals surface area contributed by atoms with Crippen molar-refractivity contribution in [1.29, 1.82) is 5.26 Å². The minimum Gasteiger partial charge on any atom is -0.211 e. The Balaban J connectivity index is 4.53. The van der Waals surface area contributed by atoms with Crippen LogP contribution in [0.5, 0.6) is 0 Å². The maximum atomic E-state index is 11.7. The van der Waals surface area contributed by atoms with Gasteiger partial charge in [0.15, 0.2) is 5.25 Å². The van der Waals surface area contributed by atoms with Gasteiger partial charge in [-0.1, -0.05) is 6.92 Å². The zero-order valence-electron chi connectivity index (χ0n) is 8.73. The SMILES string of the molecule is CCC(C#N)S(=O)(=O)N(C)CCSC. The Morgan fingerprint density at radius 2 is 2.14 bits per heavy atom. The molecule has 0 heterocycles. The van der Waals surface area contributed by atoms with Crippen LogP contribution in [-0.4, -0.2) is 43.6 Å². The van der Waals surface area contributed by atoms with Crippen molar-refractivity contribution in [2.24, 2.45) is 0 Å². The van der Waals surface area contributed by atoms with Crippen molar-refractivity contribution in [3.8, 4) is 6.07 Å². The first-order valence-electron chi connectivity index (χ1n) is 4.34. The number of nitrogens with zero attached hydrogens (tertiary/aromatic N) is 2. The summed E-state index contributed by atoms with van der Waals surface area (Å²) < 4.78 is 24.7. The van der Waals surface area contributed by atoms with Crippen LogP contribution in [0.3, 0.4) is 0 Å². The Bertz CT molecular complexity index is 295. The highest BCUT2D eigenvalue weighted by molar-refractivity contribution is 7.98. The van der Waals surface area contributed by atoms with Crippen LogP contribution in [0.4, 0.5) is 0 Å². The highest BCUT2D eigenvalue weighted by Crippen LogP contribution is 2.10. The van der Waals surface area contributed by atoms with E-state index in [4.69, 9.17) is 5.26 Å². The molecule has 0 amide bonds. The molecule has 0 N–H and O–H groups in total. The summed E-state index contributed by atoms with van der Waals surface area (Å²) in [5.41, 5.74) is 0. The molecule has 0 aliphatic carbocycles. The number of sulfonamides is 1. The normalized spacial score (nSPS) is 13.9. The summed E-state index contributed by atoms with van der Waals surface area (Å²) in [4.78, 5) is 0. The summed E-state index contributed by atoms with van der Waals surface area (Å²) in [6.07, 6.45) is 2.25. The molecule has 0 spiro atoms. The summed E-state index contributed by atoms with van der Waals surface area (Å²) in [7, 11) is -1.90. The van der Waals surface area contributed by atoms with Gasteiger partial charge in [-0.2, -0.15) is 17.0 Å². The van der Waals surface area contributed by atoms with E-state index in [1.54, 1.807) is 18.7 Å². The summed E-state index contributed by atoms with van der Waals surface area (Å²) in [6.45, 7) is 2.16. The minimum atomic E-state index is -3.41. The Labute approximate surface area is 90.3 Å². The molecule has 82 valence electrons. The van der Waals surface area contributed by atoms with E-state index in [0.29, 0.717) is 13.0 Å². The molecule has 14 heavy (non-hydrogen) atoms. The molecule has 0 saturated carbocycles. The van der Waals surface area contributed by atoms with Gasteiger partial charge in [-0.3, -0.25) is 0 Å². The van der Waals surface area contributed by atoms with Crippen LogP contribution < -0.4 is 0 Å². The van der Waals surface area contributed by atoms with Gasteiger partial charge in [0.05, 0.1) is 6.07 Å². The first-order chi connectivity index (χ1) is 6.50. The lowest BCUT2D eigenvalue weighted by Crippen LogP contribution is -2.36. The molecule has 0 aromatic carbocycles. The smallest absolute Gasteiger partial charge is 0.211 e. The van der Waals surface area contributed by atoms with Gasteiger partial charge in [0.1, 0.15) is 0 Å². The number of rotatable bonds is 6. The van der Waals surface area contributed by atoms with Crippen LogP contribution in [0, 0.1) is 11.3 Å². The van der Waals surface area contributed by atoms with Crippen LogP contribution >= 0.6 is 11.8 Å². The fourth-order valence-corrected chi connectivity index (χ4v) is 2.84. The molecule has 0 bridgehead atoms. The molecule has 6 heteroatoms. The molecule has 0 aromatic rings. The maximum absolute atomic E-state index is 11.7. The largest absolute Gasteiger partial charge is 0.230 e. The second kappa shape index (κ2) is 6.27. The second-order valence-corrected chi connectivity index (χ2v) is 6.09. The lowest BCUT2D eigenvalue weighted by Gasteiger charge is -2.18. The van der Waals surface area contributed by atoms with E-state index in [9.17, 15) is 8.42 Å². The predicted octanol–water partition coefficient (Wildman–Crippen LogP) is 0.913. The summed E-state index contributed by atoms with van der Waals surface area (Å²) in [5.74, 6) is 0.748. The van der Waals surface area contributed by atoms with Crippen molar-refractivity contribution in [3.63, 3.8) is 0 Å². The fraction of sp³-hybridized carbons (Fsp3) is 0.875. The van der Waals surface area contributed by atoms with E-state index < -0.39 is 15.3 Å². The van der Waals surface area contributed by atoms with Crippen LogP contribution in [-0.2, 0) is 10.0 Å². The van der Waals surface area contributed by atoms with Gasteiger partial charge in [0.2, 0.25) is 10.0 Å². The van der Waals surface area contributed by atoms with Crippen molar-refractivity contribution < 1.29 is 8.42 Å². The Hall–Kier alpha value is -0.250. The zero-order valence-corrected chi connectivity index (χ0v) is 10.4. The van der Waals surface area contributed by atoms with E-state index in [1.807, 2.05) is 12.3 Å². The van der Waals surface area contributed by atoms with Crippen LogP contribution in [0.2, 0.25) is 0 Å². The van der Waals surface area contributed by atoms with Crippen molar-refractivity contribution >= 4 is 21.8 Å². The molecular formula is C8H16N2O2S2. The van der Waals surface area contributed by atoms with Crippen LogP contribution in [0.25, 0.3) is 0 Å². The molecule has 0 radical (unpaired) electrons. The van der Waals surface area contributed by atoms with Gasteiger partial charge < -0.3 is 0 Å². The lowest BCUT2D eigenvalue weighted by molar-refractivity contribution is 0.481. The maximum Gasteiger partial charge on any atom is 0.230 e. The average Bonchev–Trinajstić information content (AvgIpc) is 2.15. The van der Waals surface area contributed by atoms with Crippen molar-refractivity contribution in [2.45, 2.75) is 18.6 Å². The first kappa shape index (κ1) is 13.8. The highest BCUT2D eigenvalue weighted by atomic mass is 32.2. The van der Waals surface area contributed by atoms with Gasteiger partial charge in [-0.05, 0) is 12.7 Å². The molecule has 1 atom stereocenters. The van der Waals surface area contributed by atoms with Gasteiger partial charge in [0.25, 0.3) is 0 Å². The molecule has 0 saturated heterocycles. The van der Waals surface area contributed by atoms with E-state index in [2.05, 4.69) is 0 Å². The quantitative estimate of drug-likeness (QED) is 0.688. The van der Waals surface area contributed by atoms with E-state index in [-0.39, 0.29) is 0 Å². The monoisotopic (exact) mass is 236 g/mol. The molecule has 4 nitrogen and oxygen atoms in total. The van der Waals surface area contributed by atoms with Gasteiger partial charge >= 0.3 is 0 Å². The first-order valence-corrected chi connectivity index (χ1v) is 7.24. The van der Waals surface area contributed by atoms with Gasteiger partial charge in [0, 0.05) is 19.3 Å². The molecule has 0 aliphatic rings. The Morgan fingerprint density at radius 1 is 1.57 bits per heavy atom. The Kier molecular flexibility index (Phi) is 6.16. The summed E-state index contributed by atoms with van der Waals surface area (Å²) in [6, 6.07) is 1.81. The van der Waals surface area contributed by atoms with E-state index >= 15 is 0 Å². The van der Waals surface area contributed by atoms with E-state index in [0.717, 1.165) is 5.75 Å². The molecule has 0 aliphatic heterocycles. The van der Waals surface area contributed by atoms with Gasteiger partial charge in [-0.15, -0.1) is 0 Å². The minimum absolute atomic E-state index is 0.336. The highest BCUT2D eigenvalue weighted by Gasteiger charge is 2.27. The second-order valence-electron chi connectivity index (χ2n) is 2.89. The molecule has 1 unspecified atom stereocenters. The molecule has 0 aromatic heterocycles. The topological polar surface area (TPSA) is 61.2 Å². The van der Waals surface area contributed by atoms with Gasteiger partial charge in [-0.25, -0.2) is 12.7 Å². The number of hydrogen-bond donors (Lipinski definition) is 0. The number of nitriles is 1. The fourth-order valence-electron chi connectivity index (χ4n) is 0.933. The van der Waals surface area contributed by atoms with E-state index in [1.165, 1.54) is 11.4 Å². The number of hydrogen-bond acceptors (Lipinski definition) is 4. The lowest BCUT2D eigenvalue weighted by atomic mass is 10.4. The molecular weight excluding hydrogens is 220 g/mol. The Morgan fingerprint density at radius 3 is 2.50 bits per heavy atom. The third kappa shape index (κ3) is 3.48. The van der Waals surface area contributed by atoms with Crippen molar-refractivity contribution in [1.82, 2.24) is 4.31 Å². The van der Waals surface area contributed by atoms with Crippen LogP contribution in [0.15, 0.2) is 0 Å². The number of thioether (sulfide) groups is 1. The summed E-state index contributed by atoms with van der Waals surface area (Å²) in [5, 5.41) is 7.77. The summed E-state index contributed by atoms with van der Waals surface area (Å²) >= 11 is 1.58. The average molecular weight is 236 g/mol. The standard InChI is InChI=1S/C8H16N2O2S2/c1-4-8(7-9)14(11,12)10(2)5-6-13-3/h8H,4-6H2,1-3H3. The predicted molar refractivity (Wildman–Crippen MR) is 59.6 cm³/mol. The molecule has 0 fully saturated rings. The van der Waals surface area contributed by atoms with Crippen LogP contribution in [0.1, 0.15) is 13.3 Å². The molecule has 0 rings (SSSR count). The van der Waals surface area contributed by atoms with Crippen molar-refractivity contribution in [3.05, 3.63) is 0 Å².